The van der Waals surface area contributed by atoms with Crippen LogP contribution in [-0.4, -0.2) is 20.0 Å². The van der Waals surface area contributed by atoms with E-state index >= 15 is 0 Å². The van der Waals surface area contributed by atoms with Crippen molar-refractivity contribution >= 4 is 37.3 Å². The van der Waals surface area contributed by atoms with Crippen LogP contribution in [-0.2, 0) is 10.0 Å². The third-order valence-corrected chi connectivity index (χ3v) is 10.2. The lowest BCUT2D eigenvalue weighted by atomic mass is 9.93. The molecule has 0 heterocycles. The largest absolute Gasteiger partial charge is 0.408 e. The molecule has 0 radical (unpaired) electrons. The normalized spacial score (nSPS) is 13.2. The van der Waals surface area contributed by atoms with Crippen LogP contribution in [0.25, 0.3) is 0 Å². The summed E-state index contributed by atoms with van der Waals surface area (Å²) in [7, 11) is -2.25. The highest BCUT2D eigenvalue weighted by atomic mass is 35.5. The van der Waals surface area contributed by atoms with Gasteiger partial charge in [0.25, 0.3) is 0 Å². The van der Waals surface area contributed by atoms with Crippen molar-refractivity contribution in [3.05, 3.63) is 33.9 Å². The maximum atomic E-state index is 14.8. The summed E-state index contributed by atoms with van der Waals surface area (Å²) in [4.78, 5) is 12.3. The highest BCUT2D eigenvalue weighted by molar-refractivity contribution is 6.74. The molecule has 0 amide bonds. The second-order valence-corrected chi connectivity index (χ2v) is 14.0. The van der Waals surface area contributed by atoms with Crippen molar-refractivity contribution in [2.24, 2.45) is 0 Å². The van der Waals surface area contributed by atoms with E-state index in [0.717, 1.165) is 0 Å². The van der Waals surface area contributed by atoms with Crippen LogP contribution in [0.3, 0.4) is 0 Å². The molecule has 0 atom stereocenters. The first-order valence-corrected chi connectivity index (χ1v) is 12.4. The molecule has 0 aliphatic heterocycles. The van der Waals surface area contributed by atoms with Gasteiger partial charge in [-0.15, -0.1) is 11.6 Å². The van der Waals surface area contributed by atoms with Gasteiger partial charge >= 0.3 is 0 Å². The van der Waals surface area contributed by atoms with Gasteiger partial charge in [0.2, 0.25) is 0 Å². The van der Waals surface area contributed by atoms with Crippen molar-refractivity contribution in [2.45, 2.75) is 71.2 Å². The van der Waals surface area contributed by atoms with Gasteiger partial charge in [-0.2, -0.15) is 0 Å². The van der Waals surface area contributed by atoms with E-state index in [4.69, 9.17) is 27.6 Å². The first-order chi connectivity index (χ1) is 11.7. The zero-order valence-corrected chi connectivity index (χ0v) is 19.0. The van der Waals surface area contributed by atoms with Crippen LogP contribution < -0.4 is 0 Å². The third kappa shape index (κ3) is 5.06. The van der Waals surface area contributed by atoms with Gasteiger partial charge in [-0.25, -0.2) is 8.78 Å². The molecule has 0 unspecified atom stereocenters. The Kier molecular flexibility index (Phi) is 7.47. The van der Waals surface area contributed by atoms with Crippen molar-refractivity contribution in [3.63, 3.8) is 0 Å². The molecule has 0 fully saturated rings. The van der Waals surface area contributed by atoms with E-state index < -0.39 is 36.4 Å². The van der Waals surface area contributed by atoms with Crippen molar-refractivity contribution in [2.75, 3.05) is 5.88 Å². The van der Waals surface area contributed by atoms with E-state index in [1.165, 1.54) is 6.07 Å². The van der Waals surface area contributed by atoms with E-state index in [1.54, 1.807) is 13.8 Å². The Labute approximate surface area is 166 Å². The number of carbonyl (C=O) groups is 1. The summed E-state index contributed by atoms with van der Waals surface area (Å²) >= 11 is 11.5. The average Bonchev–Trinajstić information content (AvgIpc) is 2.48. The molecule has 0 aliphatic rings. The zero-order valence-electron chi connectivity index (χ0n) is 16.5. The van der Waals surface area contributed by atoms with E-state index in [0.29, 0.717) is 6.42 Å². The molecule has 0 N–H and O–H groups in total. The fourth-order valence-electron chi connectivity index (χ4n) is 2.45. The van der Waals surface area contributed by atoms with Gasteiger partial charge in [0, 0.05) is 17.9 Å². The molecule has 7 heteroatoms. The predicted molar refractivity (Wildman–Crippen MR) is 107 cm³/mol. The third-order valence-electron chi connectivity index (χ3n) is 4.95. The quantitative estimate of drug-likeness (QED) is 0.202. The van der Waals surface area contributed by atoms with Gasteiger partial charge in [-0.3, -0.25) is 4.79 Å². The lowest BCUT2D eigenvalue weighted by molar-refractivity contribution is 0.0857. The van der Waals surface area contributed by atoms with E-state index in [2.05, 4.69) is 20.8 Å². The maximum absolute atomic E-state index is 14.8. The van der Waals surface area contributed by atoms with Crippen LogP contribution in [0.2, 0.25) is 23.2 Å². The Morgan fingerprint density at radius 2 is 1.69 bits per heavy atom. The van der Waals surface area contributed by atoms with E-state index in [1.807, 2.05) is 13.1 Å². The summed E-state index contributed by atoms with van der Waals surface area (Å²) in [5, 5.41) is -0.771. The summed E-state index contributed by atoms with van der Waals surface area (Å²) in [5.41, 5.74) is -1.20. The Hall–Kier alpha value is -0.493. The first kappa shape index (κ1) is 23.5. The highest BCUT2D eigenvalue weighted by Crippen LogP contribution is 2.43. The SMILES string of the molecule is CC(C)(O[Si](C)(C)C(C)(C)C)c1cc(C(=O)CCCCl)c(F)c(Cl)c1F. The summed E-state index contributed by atoms with van der Waals surface area (Å²) in [6, 6.07) is 1.24. The molecule has 0 spiro atoms. The Balaban J connectivity index is 3.43. The van der Waals surface area contributed by atoms with Crippen molar-refractivity contribution in [1.82, 2.24) is 0 Å². The van der Waals surface area contributed by atoms with Gasteiger partial charge in [0.15, 0.2) is 25.7 Å². The van der Waals surface area contributed by atoms with Gasteiger partial charge in [0.1, 0.15) is 5.02 Å². The lowest BCUT2D eigenvalue weighted by Gasteiger charge is -2.43. The van der Waals surface area contributed by atoms with Gasteiger partial charge < -0.3 is 4.43 Å². The smallest absolute Gasteiger partial charge is 0.193 e. The molecule has 0 saturated carbocycles. The van der Waals surface area contributed by atoms with Gasteiger partial charge in [-0.1, -0.05) is 32.4 Å². The molecule has 148 valence electrons. The molecular weight excluding hydrogens is 397 g/mol. The average molecular weight is 425 g/mol. The Bertz CT molecular complexity index is 683. The molecular formula is C19H28Cl2F2O2Si. The van der Waals surface area contributed by atoms with Crippen molar-refractivity contribution in [1.29, 1.82) is 0 Å². The summed E-state index contributed by atoms with van der Waals surface area (Å²) < 4.78 is 35.5. The van der Waals surface area contributed by atoms with Crippen molar-refractivity contribution < 1.29 is 18.0 Å². The molecule has 2 nitrogen and oxygen atoms in total. The van der Waals surface area contributed by atoms with Crippen LogP contribution in [0.15, 0.2) is 6.07 Å². The summed E-state index contributed by atoms with van der Waals surface area (Å²) in [5.74, 6) is -2.08. The molecule has 0 bridgehead atoms. The number of hydrogen-bond donors (Lipinski definition) is 0. The number of alkyl halides is 1. The van der Waals surface area contributed by atoms with Crippen LogP contribution in [0.5, 0.6) is 0 Å². The second kappa shape index (κ2) is 8.25. The van der Waals surface area contributed by atoms with Crippen molar-refractivity contribution in [3.8, 4) is 0 Å². The number of carbonyl (C=O) groups excluding carboxylic acids is 1. The molecule has 0 aliphatic carbocycles. The minimum Gasteiger partial charge on any atom is -0.408 e. The molecule has 0 aromatic heterocycles. The van der Waals surface area contributed by atoms with Gasteiger partial charge in [-0.05, 0) is 44.5 Å². The van der Waals surface area contributed by atoms with Gasteiger partial charge in [0.05, 0.1) is 11.2 Å². The number of hydrogen-bond acceptors (Lipinski definition) is 2. The molecule has 26 heavy (non-hydrogen) atoms. The lowest BCUT2D eigenvalue weighted by Crippen LogP contribution is -2.46. The first-order valence-electron chi connectivity index (χ1n) is 8.63. The molecule has 1 rings (SSSR count). The maximum Gasteiger partial charge on any atom is 0.193 e. The summed E-state index contributed by atoms with van der Waals surface area (Å²) in [6.07, 6.45) is 0.485. The number of Topliss-reactive ketones (excluding diaryl/α,β-unsaturated/α-hetero) is 1. The van der Waals surface area contributed by atoms with E-state index in [-0.39, 0.29) is 28.5 Å². The number of rotatable bonds is 7. The Morgan fingerprint density at radius 3 is 2.15 bits per heavy atom. The fourth-order valence-corrected chi connectivity index (χ4v) is 4.48. The second-order valence-electron chi connectivity index (χ2n) is 8.50. The standard InChI is InChI=1S/C19H28Cl2F2O2Si/c1-18(2,3)26(6,7)25-19(4,5)13-11-12(14(24)9-8-10-20)16(22)15(21)17(13)23/h11H,8-10H2,1-7H3. The Morgan fingerprint density at radius 1 is 1.15 bits per heavy atom. The van der Waals surface area contributed by atoms with E-state index in [9.17, 15) is 13.6 Å². The number of benzene rings is 1. The number of ketones is 1. The molecule has 1 aromatic carbocycles. The monoisotopic (exact) mass is 424 g/mol. The summed E-state index contributed by atoms with van der Waals surface area (Å²) in [6.45, 7) is 13.7. The predicted octanol–water partition coefficient (Wildman–Crippen LogP) is 7.08. The molecule has 0 saturated heterocycles. The van der Waals surface area contributed by atoms with Crippen LogP contribution in [0.1, 0.15) is 63.4 Å². The highest BCUT2D eigenvalue weighted by Gasteiger charge is 2.43. The van der Waals surface area contributed by atoms with Crippen LogP contribution in [0.4, 0.5) is 8.78 Å². The molecule has 1 aromatic rings. The number of halogens is 4. The van der Waals surface area contributed by atoms with Crippen LogP contribution >= 0.6 is 23.2 Å². The zero-order chi connectivity index (χ0) is 20.5. The topological polar surface area (TPSA) is 26.3 Å². The minimum absolute atomic E-state index is 0.0747. The fraction of sp³-hybridized carbons (Fsp3) is 0.632. The van der Waals surface area contributed by atoms with Crippen LogP contribution in [0, 0.1) is 11.6 Å². The minimum atomic E-state index is -2.25.